The maximum Gasteiger partial charge on any atom is 0.407 e. The van der Waals surface area contributed by atoms with Gasteiger partial charge in [0.1, 0.15) is 18.7 Å². The Balaban J connectivity index is 1.62. The van der Waals surface area contributed by atoms with Crippen molar-refractivity contribution in [3.8, 4) is 11.1 Å². The van der Waals surface area contributed by atoms with Crippen LogP contribution in [0.15, 0.2) is 61.2 Å². The Kier molecular flexibility index (Phi) is 8.33. The van der Waals surface area contributed by atoms with Crippen molar-refractivity contribution in [3.63, 3.8) is 0 Å². The molecule has 2 unspecified atom stereocenters. The number of hydrogen-bond acceptors (Lipinski definition) is 4. The zero-order chi connectivity index (χ0) is 25.6. The molecule has 7 heteroatoms. The van der Waals surface area contributed by atoms with Crippen LogP contribution in [-0.4, -0.2) is 41.8 Å². The number of nitrogens with one attached hydrogen (secondary N) is 2. The summed E-state index contributed by atoms with van der Waals surface area (Å²) in [6, 6.07) is 14.0. The predicted octanol–water partition coefficient (Wildman–Crippen LogP) is 4.87. The first-order valence-corrected chi connectivity index (χ1v) is 11.9. The Hall–Kier alpha value is -3.61. The average molecular weight is 479 g/mol. The first-order valence-electron chi connectivity index (χ1n) is 11.9. The van der Waals surface area contributed by atoms with Gasteiger partial charge in [-0.15, -0.1) is 6.58 Å². The summed E-state index contributed by atoms with van der Waals surface area (Å²) in [5.41, 5.74) is 4.35. The molecule has 35 heavy (non-hydrogen) atoms. The molecule has 0 bridgehead atoms. The fourth-order valence-electron chi connectivity index (χ4n) is 4.29. The molecule has 186 valence electrons. The van der Waals surface area contributed by atoms with Crippen LogP contribution < -0.4 is 10.6 Å². The minimum absolute atomic E-state index is 0.0710. The lowest BCUT2D eigenvalue weighted by atomic mass is 9.88. The molecule has 3 N–H and O–H groups in total. The molecule has 0 radical (unpaired) electrons. The average Bonchev–Trinajstić information content (AvgIpc) is 3.13. The van der Waals surface area contributed by atoms with E-state index in [-0.39, 0.29) is 30.8 Å². The van der Waals surface area contributed by atoms with Crippen LogP contribution in [0.1, 0.15) is 57.1 Å². The van der Waals surface area contributed by atoms with E-state index >= 15 is 0 Å². The first kappa shape index (κ1) is 26.0. The quantitative estimate of drug-likeness (QED) is 0.423. The zero-order valence-electron chi connectivity index (χ0n) is 20.5. The summed E-state index contributed by atoms with van der Waals surface area (Å²) in [4.78, 5) is 37.1. The molecule has 0 aliphatic heterocycles. The van der Waals surface area contributed by atoms with E-state index in [0.717, 1.165) is 22.3 Å². The SMILES string of the molecule is C=CCC(NC(=O)OCC1c2ccccc2-c2ccccc21)C(=O)NC(CCC(C)(C)C)C(=O)O. The van der Waals surface area contributed by atoms with Gasteiger partial charge < -0.3 is 20.5 Å². The highest BCUT2D eigenvalue weighted by molar-refractivity contribution is 5.89. The highest BCUT2D eigenvalue weighted by Crippen LogP contribution is 2.44. The standard InChI is InChI=1S/C28H34N2O5/c1-5-10-23(25(31)29-24(26(32)33)15-16-28(2,3)4)30-27(34)35-17-22-20-13-8-6-11-18(20)19-12-7-9-14-21(19)22/h5-9,11-14,22-24H,1,10,15-17H2,2-4H3,(H,29,31)(H,30,34)(H,32,33). The lowest BCUT2D eigenvalue weighted by Crippen LogP contribution is -2.51. The number of ether oxygens (including phenoxy) is 1. The van der Waals surface area contributed by atoms with Gasteiger partial charge in [0.25, 0.3) is 0 Å². The lowest BCUT2D eigenvalue weighted by Gasteiger charge is -2.24. The molecular weight excluding hydrogens is 444 g/mol. The van der Waals surface area contributed by atoms with Crippen LogP contribution in [0, 0.1) is 5.41 Å². The Labute approximate surface area is 206 Å². The molecule has 0 spiro atoms. The van der Waals surface area contributed by atoms with Crippen molar-refractivity contribution >= 4 is 18.0 Å². The summed E-state index contributed by atoms with van der Waals surface area (Å²) < 4.78 is 5.53. The molecule has 1 aliphatic rings. The largest absolute Gasteiger partial charge is 0.480 e. The van der Waals surface area contributed by atoms with Gasteiger partial charge in [-0.3, -0.25) is 4.79 Å². The predicted molar refractivity (Wildman–Crippen MR) is 135 cm³/mol. The Bertz CT molecular complexity index is 1040. The molecule has 0 heterocycles. The smallest absolute Gasteiger partial charge is 0.407 e. The Morgan fingerprint density at radius 1 is 1.00 bits per heavy atom. The molecule has 0 fully saturated rings. The molecule has 0 aromatic heterocycles. The zero-order valence-corrected chi connectivity index (χ0v) is 20.5. The molecule has 0 saturated heterocycles. The van der Waals surface area contributed by atoms with Gasteiger partial charge in [-0.2, -0.15) is 0 Å². The number of carbonyl (C=O) groups is 3. The van der Waals surface area contributed by atoms with Crippen LogP contribution in [0.3, 0.4) is 0 Å². The number of hydrogen-bond donors (Lipinski definition) is 3. The minimum Gasteiger partial charge on any atom is -0.480 e. The molecule has 2 atom stereocenters. The third-order valence-corrected chi connectivity index (χ3v) is 6.15. The van der Waals surface area contributed by atoms with Gasteiger partial charge in [0.2, 0.25) is 5.91 Å². The van der Waals surface area contributed by atoms with Gasteiger partial charge in [-0.05, 0) is 46.9 Å². The summed E-state index contributed by atoms with van der Waals surface area (Å²) in [6.45, 7) is 9.78. The van der Waals surface area contributed by atoms with Gasteiger partial charge in [0, 0.05) is 5.92 Å². The number of aliphatic carboxylic acids is 1. The van der Waals surface area contributed by atoms with E-state index in [0.29, 0.717) is 6.42 Å². The Morgan fingerprint density at radius 3 is 2.09 bits per heavy atom. The summed E-state index contributed by atoms with van der Waals surface area (Å²) in [5.74, 6) is -1.80. The van der Waals surface area contributed by atoms with Gasteiger partial charge in [0.05, 0.1) is 0 Å². The molecule has 0 saturated carbocycles. The molecular formula is C28H34N2O5. The highest BCUT2D eigenvalue weighted by Gasteiger charge is 2.30. The number of alkyl carbamates (subject to hydrolysis) is 1. The van der Waals surface area contributed by atoms with Crippen molar-refractivity contribution in [2.24, 2.45) is 5.41 Å². The molecule has 2 aromatic carbocycles. The van der Waals surface area contributed by atoms with E-state index in [9.17, 15) is 19.5 Å². The maximum atomic E-state index is 12.8. The van der Waals surface area contributed by atoms with Crippen LogP contribution in [0.2, 0.25) is 0 Å². The van der Waals surface area contributed by atoms with E-state index in [2.05, 4.69) is 29.3 Å². The third kappa shape index (κ3) is 6.72. The van der Waals surface area contributed by atoms with Gasteiger partial charge in [0.15, 0.2) is 0 Å². The maximum absolute atomic E-state index is 12.8. The summed E-state index contributed by atoms with van der Waals surface area (Å²) >= 11 is 0. The van der Waals surface area contributed by atoms with Crippen molar-refractivity contribution in [1.29, 1.82) is 0 Å². The van der Waals surface area contributed by atoms with Crippen LogP contribution in [0.5, 0.6) is 0 Å². The molecule has 7 nitrogen and oxygen atoms in total. The third-order valence-electron chi connectivity index (χ3n) is 6.15. The minimum atomic E-state index is -1.11. The van der Waals surface area contributed by atoms with E-state index in [4.69, 9.17) is 4.74 Å². The fraction of sp³-hybridized carbons (Fsp3) is 0.393. The fourth-order valence-corrected chi connectivity index (χ4v) is 4.29. The topological polar surface area (TPSA) is 105 Å². The monoisotopic (exact) mass is 478 g/mol. The van der Waals surface area contributed by atoms with Gasteiger partial charge >= 0.3 is 12.1 Å². The number of carboxylic acid groups (broad SMARTS) is 1. The number of amides is 2. The molecule has 2 aromatic rings. The molecule has 2 amide bonds. The van der Waals surface area contributed by atoms with E-state index in [1.165, 1.54) is 6.08 Å². The second-order valence-electron chi connectivity index (χ2n) is 10.0. The van der Waals surface area contributed by atoms with E-state index in [1.54, 1.807) is 0 Å². The summed E-state index contributed by atoms with van der Waals surface area (Å²) in [7, 11) is 0. The van der Waals surface area contributed by atoms with Crippen molar-refractivity contribution in [2.75, 3.05) is 6.61 Å². The number of carboxylic acids is 1. The van der Waals surface area contributed by atoms with Crippen LogP contribution in [0.25, 0.3) is 11.1 Å². The number of benzene rings is 2. The number of carbonyl (C=O) groups excluding carboxylic acids is 2. The normalized spacial score (nSPS) is 14.3. The summed E-state index contributed by atoms with van der Waals surface area (Å²) in [5, 5.41) is 14.6. The van der Waals surface area contributed by atoms with E-state index in [1.807, 2.05) is 57.2 Å². The molecule has 1 aliphatic carbocycles. The molecule has 3 rings (SSSR count). The van der Waals surface area contributed by atoms with Crippen LogP contribution >= 0.6 is 0 Å². The van der Waals surface area contributed by atoms with Crippen molar-refractivity contribution < 1.29 is 24.2 Å². The highest BCUT2D eigenvalue weighted by atomic mass is 16.5. The first-order chi connectivity index (χ1) is 16.6. The van der Waals surface area contributed by atoms with Gasteiger partial charge in [-0.25, -0.2) is 9.59 Å². The number of fused-ring (bicyclic) bond motifs is 3. The second-order valence-corrected chi connectivity index (χ2v) is 10.0. The summed E-state index contributed by atoms with van der Waals surface area (Å²) in [6.07, 6.45) is 1.81. The van der Waals surface area contributed by atoms with E-state index < -0.39 is 30.1 Å². The van der Waals surface area contributed by atoms with Gasteiger partial charge in [-0.1, -0.05) is 75.4 Å². The van der Waals surface area contributed by atoms with Crippen molar-refractivity contribution in [2.45, 2.75) is 58.0 Å². The lowest BCUT2D eigenvalue weighted by molar-refractivity contribution is -0.142. The second kappa shape index (κ2) is 11.2. The Morgan fingerprint density at radius 2 is 1.57 bits per heavy atom. The number of rotatable bonds is 10. The van der Waals surface area contributed by atoms with Crippen molar-refractivity contribution in [3.05, 3.63) is 72.3 Å². The van der Waals surface area contributed by atoms with Crippen LogP contribution in [-0.2, 0) is 14.3 Å². The van der Waals surface area contributed by atoms with Crippen LogP contribution in [0.4, 0.5) is 4.79 Å². The van der Waals surface area contributed by atoms with Crippen molar-refractivity contribution in [1.82, 2.24) is 10.6 Å².